The Hall–Kier alpha value is -1.13. The van der Waals surface area contributed by atoms with Gasteiger partial charge in [-0.15, -0.1) is 0 Å². The lowest BCUT2D eigenvalue weighted by molar-refractivity contribution is 0.125. The van der Waals surface area contributed by atoms with Crippen LogP contribution in [0.3, 0.4) is 0 Å². The van der Waals surface area contributed by atoms with E-state index < -0.39 is 6.17 Å². The Morgan fingerprint density at radius 3 is 2.76 bits per heavy atom. The van der Waals surface area contributed by atoms with Gasteiger partial charge in [-0.3, -0.25) is 4.90 Å². The molecule has 2 atom stereocenters. The number of alkyl halides is 1. The summed E-state index contributed by atoms with van der Waals surface area (Å²) in [7, 11) is 1.64. The fraction of sp³-hybridized carbons (Fsp3) is 0.538. The summed E-state index contributed by atoms with van der Waals surface area (Å²) in [5.41, 5.74) is 1.14. The van der Waals surface area contributed by atoms with Crippen molar-refractivity contribution in [1.29, 1.82) is 0 Å². The summed E-state index contributed by atoms with van der Waals surface area (Å²) in [5, 5.41) is 0. The van der Waals surface area contributed by atoms with Crippen LogP contribution in [0, 0.1) is 0 Å². The molecule has 2 rings (SSSR count). The molecule has 94 valence electrons. The van der Waals surface area contributed by atoms with Crippen LogP contribution in [0.1, 0.15) is 12.5 Å². The highest BCUT2D eigenvalue weighted by molar-refractivity contribution is 5.27. The molecular weight excluding hydrogens is 221 g/mol. The highest BCUT2D eigenvalue weighted by Crippen LogP contribution is 2.20. The third-order valence-electron chi connectivity index (χ3n) is 3.09. The van der Waals surface area contributed by atoms with E-state index in [0.717, 1.165) is 11.3 Å². The van der Waals surface area contributed by atoms with Gasteiger partial charge in [0.25, 0.3) is 0 Å². The Kier molecular flexibility index (Phi) is 3.97. The highest BCUT2D eigenvalue weighted by atomic mass is 19.1. The first kappa shape index (κ1) is 12.3. The van der Waals surface area contributed by atoms with Crippen molar-refractivity contribution in [3.8, 4) is 5.75 Å². The summed E-state index contributed by atoms with van der Waals surface area (Å²) in [6.07, 6.45) is -0.865. The first-order valence-corrected chi connectivity index (χ1v) is 5.79. The Labute approximate surface area is 101 Å². The molecule has 1 aliphatic heterocycles. The minimum Gasteiger partial charge on any atom is -0.497 e. The van der Waals surface area contributed by atoms with Crippen molar-refractivity contribution in [3.63, 3.8) is 0 Å². The standard InChI is InChI=1S/C13H18FNO2/c1-10(14)13-8-17-9-15(13)7-11-3-5-12(16-2)6-4-11/h3-6,10,13H,7-9H2,1-2H3/t10-,13+/m0/s1. The third kappa shape index (κ3) is 2.96. The summed E-state index contributed by atoms with van der Waals surface area (Å²) < 4.78 is 23.7. The molecule has 1 aromatic carbocycles. The van der Waals surface area contributed by atoms with E-state index in [4.69, 9.17) is 9.47 Å². The van der Waals surface area contributed by atoms with Gasteiger partial charge in [0.1, 0.15) is 11.9 Å². The highest BCUT2D eigenvalue weighted by Gasteiger charge is 2.29. The lowest BCUT2D eigenvalue weighted by Gasteiger charge is -2.23. The largest absolute Gasteiger partial charge is 0.497 e. The average molecular weight is 239 g/mol. The Morgan fingerprint density at radius 1 is 1.47 bits per heavy atom. The van der Waals surface area contributed by atoms with Crippen LogP contribution in [0.2, 0.25) is 0 Å². The van der Waals surface area contributed by atoms with Crippen molar-refractivity contribution in [1.82, 2.24) is 4.90 Å². The molecule has 0 aromatic heterocycles. The van der Waals surface area contributed by atoms with E-state index in [0.29, 0.717) is 19.9 Å². The van der Waals surface area contributed by atoms with Crippen LogP contribution >= 0.6 is 0 Å². The molecule has 0 bridgehead atoms. The normalized spacial score (nSPS) is 22.6. The maximum absolute atomic E-state index is 13.3. The van der Waals surface area contributed by atoms with Crippen LogP contribution in [-0.2, 0) is 11.3 Å². The molecule has 0 unspecified atom stereocenters. The fourth-order valence-electron chi connectivity index (χ4n) is 2.04. The van der Waals surface area contributed by atoms with E-state index in [1.54, 1.807) is 14.0 Å². The van der Waals surface area contributed by atoms with Crippen LogP contribution in [0.5, 0.6) is 5.75 Å². The number of benzene rings is 1. The molecule has 0 N–H and O–H groups in total. The fourth-order valence-corrected chi connectivity index (χ4v) is 2.04. The quantitative estimate of drug-likeness (QED) is 0.804. The molecule has 3 nitrogen and oxygen atoms in total. The predicted molar refractivity (Wildman–Crippen MR) is 63.7 cm³/mol. The zero-order valence-corrected chi connectivity index (χ0v) is 10.2. The Morgan fingerprint density at radius 2 is 2.18 bits per heavy atom. The van der Waals surface area contributed by atoms with Crippen LogP contribution in [-0.4, -0.2) is 37.6 Å². The van der Waals surface area contributed by atoms with Gasteiger partial charge in [-0.05, 0) is 24.6 Å². The van der Waals surface area contributed by atoms with E-state index in [1.807, 2.05) is 29.2 Å². The summed E-state index contributed by atoms with van der Waals surface area (Å²) in [6, 6.07) is 7.70. The number of ether oxygens (including phenoxy) is 2. The number of rotatable bonds is 4. The first-order chi connectivity index (χ1) is 8.20. The number of nitrogens with zero attached hydrogens (tertiary/aromatic N) is 1. The molecule has 1 heterocycles. The minimum atomic E-state index is -0.865. The number of methoxy groups -OCH3 is 1. The lowest BCUT2D eigenvalue weighted by atomic mass is 10.1. The molecular formula is C13H18FNO2. The molecule has 0 spiro atoms. The summed E-state index contributed by atoms with van der Waals surface area (Å²) in [4.78, 5) is 2.02. The molecule has 17 heavy (non-hydrogen) atoms. The SMILES string of the molecule is COc1ccc(CN2COC[C@@H]2[C@H](C)F)cc1. The second-order valence-corrected chi connectivity index (χ2v) is 4.34. The van der Waals surface area contributed by atoms with Gasteiger partial charge in [0, 0.05) is 6.54 Å². The molecule has 1 fully saturated rings. The summed E-state index contributed by atoms with van der Waals surface area (Å²) in [6.45, 7) is 3.28. The second-order valence-electron chi connectivity index (χ2n) is 4.34. The van der Waals surface area contributed by atoms with Gasteiger partial charge in [0.05, 0.1) is 26.5 Å². The average Bonchev–Trinajstić information content (AvgIpc) is 2.78. The molecule has 0 saturated carbocycles. The van der Waals surface area contributed by atoms with Crippen molar-refractivity contribution in [2.45, 2.75) is 25.7 Å². The van der Waals surface area contributed by atoms with E-state index in [9.17, 15) is 4.39 Å². The van der Waals surface area contributed by atoms with Crippen molar-refractivity contribution < 1.29 is 13.9 Å². The lowest BCUT2D eigenvalue weighted by Crippen LogP contribution is -2.36. The van der Waals surface area contributed by atoms with Gasteiger partial charge in [-0.1, -0.05) is 12.1 Å². The van der Waals surface area contributed by atoms with Crippen molar-refractivity contribution >= 4 is 0 Å². The number of halogens is 1. The van der Waals surface area contributed by atoms with Gasteiger partial charge in [0.15, 0.2) is 0 Å². The van der Waals surface area contributed by atoms with E-state index in [-0.39, 0.29) is 6.04 Å². The topological polar surface area (TPSA) is 21.7 Å². The van der Waals surface area contributed by atoms with Gasteiger partial charge >= 0.3 is 0 Å². The van der Waals surface area contributed by atoms with Crippen molar-refractivity contribution in [2.75, 3.05) is 20.4 Å². The van der Waals surface area contributed by atoms with Gasteiger partial charge in [-0.25, -0.2) is 4.39 Å². The van der Waals surface area contributed by atoms with E-state index in [2.05, 4.69) is 0 Å². The predicted octanol–water partition coefficient (Wildman–Crippen LogP) is 2.21. The second kappa shape index (κ2) is 5.47. The monoisotopic (exact) mass is 239 g/mol. The van der Waals surface area contributed by atoms with Crippen LogP contribution in [0.15, 0.2) is 24.3 Å². The number of hydrogen-bond donors (Lipinski definition) is 0. The zero-order chi connectivity index (χ0) is 12.3. The molecule has 0 amide bonds. The number of hydrogen-bond acceptors (Lipinski definition) is 3. The molecule has 1 saturated heterocycles. The summed E-state index contributed by atoms with van der Waals surface area (Å²) in [5.74, 6) is 0.835. The molecule has 1 aromatic rings. The molecule has 1 aliphatic rings. The summed E-state index contributed by atoms with van der Waals surface area (Å²) >= 11 is 0. The van der Waals surface area contributed by atoms with E-state index >= 15 is 0 Å². The van der Waals surface area contributed by atoms with Gasteiger partial charge in [0.2, 0.25) is 0 Å². The maximum Gasteiger partial charge on any atom is 0.118 e. The van der Waals surface area contributed by atoms with Gasteiger partial charge in [-0.2, -0.15) is 0 Å². The van der Waals surface area contributed by atoms with Crippen LogP contribution in [0.4, 0.5) is 4.39 Å². The third-order valence-corrected chi connectivity index (χ3v) is 3.09. The van der Waals surface area contributed by atoms with Crippen molar-refractivity contribution in [3.05, 3.63) is 29.8 Å². The minimum absolute atomic E-state index is 0.128. The molecule has 4 heteroatoms. The zero-order valence-electron chi connectivity index (χ0n) is 10.2. The van der Waals surface area contributed by atoms with Crippen molar-refractivity contribution in [2.24, 2.45) is 0 Å². The Balaban J connectivity index is 1.99. The van der Waals surface area contributed by atoms with E-state index in [1.165, 1.54) is 0 Å². The maximum atomic E-state index is 13.3. The Bertz CT molecular complexity index is 353. The van der Waals surface area contributed by atoms with Gasteiger partial charge < -0.3 is 9.47 Å². The molecule has 0 radical (unpaired) electrons. The van der Waals surface area contributed by atoms with Crippen LogP contribution < -0.4 is 4.74 Å². The smallest absolute Gasteiger partial charge is 0.118 e. The van der Waals surface area contributed by atoms with Crippen LogP contribution in [0.25, 0.3) is 0 Å². The first-order valence-electron chi connectivity index (χ1n) is 5.79. The molecule has 0 aliphatic carbocycles.